The van der Waals surface area contributed by atoms with Crippen molar-refractivity contribution in [3.8, 4) is 0 Å². The molecule has 2 aromatic rings. The summed E-state index contributed by atoms with van der Waals surface area (Å²) in [4.78, 5) is 47.4. The van der Waals surface area contributed by atoms with Crippen LogP contribution in [0.25, 0.3) is 0 Å². The van der Waals surface area contributed by atoms with E-state index < -0.39 is 42.6 Å². The number of hydrogen-bond acceptors (Lipinski definition) is 10. The molecule has 1 saturated heterocycles. The lowest BCUT2D eigenvalue weighted by Crippen LogP contribution is -2.61. The van der Waals surface area contributed by atoms with Crippen LogP contribution in [-0.2, 0) is 56.1 Å². The van der Waals surface area contributed by atoms with Crippen LogP contribution in [0.15, 0.2) is 60.7 Å². The van der Waals surface area contributed by atoms with Crippen LogP contribution < -0.4 is 0 Å². The predicted octanol–water partition coefficient (Wildman–Crippen LogP) is 3.07. The summed E-state index contributed by atoms with van der Waals surface area (Å²) in [5.41, 5.74) is 1.68. The first kappa shape index (κ1) is 31.1. The summed E-state index contributed by atoms with van der Waals surface area (Å²) in [7, 11) is 0. The molecule has 2 aromatic carbocycles. The molecule has 0 amide bonds. The minimum Gasteiger partial charge on any atom is -0.463 e. The monoisotopic (exact) mass is 556 g/mol. The van der Waals surface area contributed by atoms with Crippen molar-refractivity contribution in [3.05, 3.63) is 71.8 Å². The summed E-state index contributed by atoms with van der Waals surface area (Å²) in [6.45, 7) is 2.71. The number of hydrogen-bond donors (Lipinski definition) is 1. The number of benzene rings is 2. The van der Waals surface area contributed by atoms with Crippen molar-refractivity contribution in [3.63, 3.8) is 0 Å². The van der Waals surface area contributed by atoms with E-state index in [1.165, 1.54) is 13.8 Å². The van der Waals surface area contributed by atoms with Crippen LogP contribution >= 0.6 is 0 Å². The van der Waals surface area contributed by atoms with E-state index in [2.05, 4.69) is 0 Å². The molecule has 10 nitrogen and oxygen atoms in total. The first-order valence-electron chi connectivity index (χ1n) is 13.2. The van der Waals surface area contributed by atoms with E-state index in [1.54, 1.807) is 0 Å². The van der Waals surface area contributed by atoms with Crippen molar-refractivity contribution < 1.29 is 48.0 Å². The Bertz CT molecular complexity index is 1100. The van der Waals surface area contributed by atoms with Gasteiger partial charge in [0.25, 0.3) is 0 Å². The second kappa shape index (κ2) is 16.0. The maximum absolute atomic E-state index is 12.6. The minimum atomic E-state index is -1.63. The Hall–Kier alpha value is -3.44. The Morgan fingerprint density at radius 2 is 1.20 bits per heavy atom. The van der Waals surface area contributed by atoms with Gasteiger partial charge >= 0.3 is 11.9 Å². The number of aliphatic hydroxyl groups excluding tert-OH is 1. The molecule has 1 N–H and O–H groups in total. The second-order valence-electron chi connectivity index (χ2n) is 9.63. The van der Waals surface area contributed by atoms with Crippen molar-refractivity contribution in [2.24, 2.45) is 0 Å². The number of carbonyl (C=O) groups excluding carboxylic acids is 4. The van der Waals surface area contributed by atoms with Gasteiger partial charge in [0, 0.05) is 12.8 Å². The van der Waals surface area contributed by atoms with E-state index in [9.17, 15) is 24.3 Å². The van der Waals surface area contributed by atoms with Crippen LogP contribution in [0.1, 0.15) is 50.7 Å². The minimum absolute atomic E-state index is 0.00911. The lowest BCUT2D eigenvalue weighted by atomic mass is 9.98. The number of rotatable bonds is 15. The fraction of sp³-hybridized carbons (Fsp3) is 0.467. The molecule has 0 unspecified atom stereocenters. The number of aliphatic hydroxyl groups is 1. The Morgan fingerprint density at radius 1 is 0.700 bits per heavy atom. The van der Waals surface area contributed by atoms with Crippen LogP contribution in [-0.4, -0.2) is 65.9 Å². The summed E-state index contributed by atoms with van der Waals surface area (Å²) in [5.74, 6) is -1.62. The average molecular weight is 557 g/mol. The number of ether oxygens (including phenoxy) is 5. The van der Waals surface area contributed by atoms with E-state index in [0.717, 1.165) is 11.1 Å². The first-order chi connectivity index (χ1) is 19.2. The highest BCUT2D eigenvalue weighted by Gasteiger charge is 2.49. The molecule has 40 heavy (non-hydrogen) atoms. The second-order valence-corrected chi connectivity index (χ2v) is 9.63. The molecule has 0 aliphatic carbocycles. The van der Waals surface area contributed by atoms with Crippen molar-refractivity contribution >= 4 is 23.5 Å². The van der Waals surface area contributed by atoms with Crippen LogP contribution in [0.5, 0.6) is 0 Å². The molecule has 1 heterocycles. The van der Waals surface area contributed by atoms with Gasteiger partial charge in [0.15, 0.2) is 12.4 Å². The van der Waals surface area contributed by atoms with Crippen LogP contribution in [0.2, 0.25) is 0 Å². The van der Waals surface area contributed by atoms with Crippen LogP contribution in [0.3, 0.4) is 0 Å². The zero-order chi connectivity index (χ0) is 28.9. The van der Waals surface area contributed by atoms with Gasteiger partial charge in [-0.05, 0) is 25.0 Å². The lowest BCUT2D eigenvalue weighted by Gasteiger charge is -2.43. The summed E-state index contributed by atoms with van der Waals surface area (Å²) in [6.07, 6.45) is -6.07. The van der Waals surface area contributed by atoms with Gasteiger partial charge in [-0.1, -0.05) is 60.7 Å². The first-order valence-corrected chi connectivity index (χ1v) is 13.2. The van der Waals surface area contributed by atoms with Gasteiger partial charge in [0.2, 0.25) is 0 Å². The molecule has 1 aliphatic heterocycles. The Balaban J connectivity index is 1.83. The summed E-state index contributed by atoms with van der Waals surface area (Å²) in [6, 6.07) is 18.6. The van der Waals surface area contributed by atoms with E-state index >= 15 is 0 Å². The number of esters is 2. The molecule has 5 atom stereocenters. The largest absolute Gasteiger partial charge is 0.463 e. The third-order valence-electron chi connectivity index (χ3n) is 6.22. The molecule has 0 aromatic heterocycles. The molecule has 216 valence electrons. The average Bonchev–Trinajstić information content (AvgIpc) is 2.94. The van der Waals surface area contributed by atoms with Gasteiger partial charge in [0.05, 0.1) is 26.1 Å². The summed E-state index contributed by atoms with van der Waals surface area (Å²) < 4.78 is 29.1. The topological polar surface area (TPSA) is 135 Å². The van der Waals surface area contributed by atoms with Crippen LogP contribution in [0, 0.1) is 0 Å². The van der Waals surface area contributed by atoms with Gasteiger partial charge in [-0.3, -0.25) is 9.59 Å². The SMILES string of the molecule is CC(=O)CCC(=O)OC[C@H]1O[C@H](O)[C@@H](OC(=O)CCC(C)=O)[C@@H](OCc2ccccc2)[C@@H]1OCc1ccccc1. The Labute approximate surface area is 233 Å². The molecule has 1 aliphatic rings. The van der Waals surface area contributed by atoms with Crippen molar-refractivity contribution in [2.75, 3.05) is 6.61 Å². The highest BCUT2D eigenvalue weighted by atomic mass is 16.7. The van der Waals surface area contributed by atoms with E-state index in [4.69, 9.17) is 23.7 Å². The number of Topliss-reactive ketones (excluding diaryl/α,β-unsaturated/α-hetero) is 2. The molecule has 0 spiro atoms. The predicted molar refractivity (Wildman–Crippen MR) is 142 cm³/mol. The van der Waals surface area contributed by atoms with E-state index in [-0.39, 0.29) is 57.1 Å². The standard InChI is InChI=1S/C30H36O10/c1-20(31)13-15-25(33)36-19-24-27(37-17-22-9-5-3-6-10-22)28(38-18-23-11-7-4-8-12-23)29(30(35)39-24)40-26(34)16-14-21(2)32/h3-12,24,27-30,35H,13-19H2,1-2H3/t24-,27-,28+,29+,30+/m1/s1. The molecular formula is C30H36O10. The Morgan fingerprint density at radius 3 is 1.73 bits per heavy atom. The number of carbonyl (C=O) groups is 4. The fourth-order valence-electron chi connectivity index (χ4n) is 4.09. The maximum atomic E-state index is 12.6. The van der Waals surface area contributed by atoms with Gasteiger partial charge in [-0.25, -0.2) is 0 Å². The van der Waals surface area contributed by atoms with Gasteiger partial charge in [0.1, 0.15) is 36.5 Å². The van der Waals surface area contributed by atoms with Crippen molar-refractivity contribution in [1.29, 1.82) is 0 Å². The van der Waals surface area contributed by atoms with Gasteiger partial charge in [-0.15, -0.1) is 0 Å². The lowest BCUT2D eigenvalue weighted by molar-refractivity contribution is -0.308. The molecule has 0 saturated carbocycles. The van der Waals surface area contributed by atoms with Gasteiger partial charge in [-0.2, -0.15) is 0 Å². The fourth-order valence-corrected chi connectivity index (χ4v) is 4.09. The Kier molecular flexibility index (Phi) is 12.4. The molecule has 10 heteroatoms. The van der Waals surface area contributed by atoms with Crippen molar-refractivity contribution in [2.45, 2.75) is 83.5 Å². The van der Waals surface area contributed by atoms with Gasteiger partial charge < -0.3 is 38.4 Å². The zero-order valence-electron chi connectivity index (χ0n) is 22.7. The van der Waals surface area contributed by atoms with Crippen molar-refractivity contribution in [1.82, 2.24) is 0 Å². The molecular weight excluding hydrogens is 520 g/mol. The highest BCUT2D eigenvalue weighted by molar-refractivity contribution is 5.81. The molecule has 3 rings (SSSR count). The van der Waals surface area contributed by atoms with E-state index in [0.29, 0.717) is 0 Å². The zero-order valence-corrected chi connectivity index (χ0v) is 22.7. The molecule has 0 radical (unpaired) electrons. The smallest absolute Gasteiger partial charge is 0.306 e. The molecule has 0 bridgehead atoms. The third kappa shape index (κ3) is 10.3. The normalized spacial score (nSPS) is 22.3. The summed E-state index contributed by atoms with van der Waals surface area (Å²) >= 11 is 0. The number of ketones is 2. The quantitative estimate of drug-likeness (QED) is 0.326. The van der Waals surface area contributed by atoms with E-state index in [1.807, 2.05) is 60.7 Å². The maximum Gasteiger partial charge on any atom is 0.306 e. The highest BCUT2D eigenvalue weighted by Crippen LogP contribution is 2.29. The molecule has 1 fully saturated rings. The van der Waals surface area contributed by atoms with Crippen LogP contribution in [0.4, 0.5) is 0 Å². The third-order valence-corrected chi connectivity index (χ3v) is 6.22. The summed E-state index contributed by atoms with van der Waals surface area (Å²) in [5, 5.41) is 10.9.